The maximum atomic E-state index is 6.27. The quantitative estimate of drug-likeness (QED) is 0.309. The summed E-state index contributed by atoms with van der Waals surface area (Å²) in [4.78, 5) is 0. The monoisotopic (exact) mass is 332 g/mol. The second-order valence-corrected chi connectivity index (χ2v) is 10.3. The van der Waals surface area contributed by atoms with E-state index in [4.69, 9.17) is 13.3 Å². The summed E-state index contributed by atoms with van der Waals surface area (Å²) in [6.07, 6.45) is 4.92. The summed E-state index contributed by atoms with van der Waals surface area (Å²) in [7, 11) is -2.53. The molecule has 0 aliphatic heterocycles. The van der Waals surface area contributed by atoms with Gasteiger partial charge in [-0.05, 0) is 24.2 Å². The highest BCUT2D eigenvalue weighted by atomic mass is 28.4. The van der Waals surface area contributed by atoms with Gasteiger partial charge in [-0.1, -0.05) is 67.7 Å². The third-order valence-corrected chi connectivity index (χ3v) is 6.03. The van der Waals surface area contributed by atoms with Crippen molar-refractivity contribution in [2.45, 2.75) is 80.2 Å². The van der Waals surface area contributed by atoms with Crippen molar-refractivity contribution < 1.29 is 13.3 Å². The molecule has 0 aliphatic rings. The number of rotatable bonds is 14. The van der Waals surface area contributed by atoms with E-state index in [1.165, 1.54) is 19.3 Å². The minimum absolute atomic E-state index is 0.507. The standard InChI is InChI=1S/C18H40O3Si/c1-8-9-10-11-12-22(19-13-16(2)3,20-14-17(4)5)21-15-18(6)7/h16-18H,8-15H2,1-7H3. The minimum atomic E-state index is -2.53. The maximum absolute atomic E-state index is 6.27. The average Bonchev–Trinajstić information content (AvgIpc) is 2.44. The summed E-state index contributed by atoms with van der Waals surface area (Å²) < 4.78 is 18.8. The Morgan fingerprint density at radius 3 is 1.36 bits per heavy atom. The second kappa shape index (κ2) is 12.5. The van der Waals surface area contributed by atoms with Crippen molar-refractivity contribution in [1.29, 1.82) is 0 Å². The Bertz CT molecular complexity index is 223. The molecule has 0 rings (SSSR count). The molecule has 0 aromatic carbocycles. The van der Waals surface area contributed by atoms with Gasteiger partial charge in [0.05, 0.1) is 0 Å². The lowest BCUT2D eigenvalue weighted by atomic mass is 10.2. The molecule has 0 bridgehead atoms. The minimum Gasteiger partial charge on any atom is -0.373 e. The first kappa shape index (κ1) is 22.1. The van der Waals surface area contributed by atoms with Crippen LogP contribution in [0.1, 0.15) is 74.1 Å². The number of hydrogen-bond donors (Lipinski definition) is 0. The van der Waals surface area contributed by atoms with E-state index in [9.17, 15) is 0 Å². The molecule has 3 nitrogen and oxygen atoms in total. The van der Waals surface area contributed by atoms with Gasteiger partial charge in [0.1, 0.15) is 0 Å². The molecule has 0 aliphatic carbocycles. The van der Waals surface area contributed by atoms with Crippen molar-refractivity contribution in [2.75, 3.05) is 19.8 Å². The van der Waals surface area contributed by atoms with Crippen LogP contribution < -0.4 is 0 Å². The Labute approximate surface area is 140 Å². The summed E-state index contributed by atoms with van der Waals surface area (Å²) in [6, 6.07) is 0.958. The lowest BCUT2D eigenvalue weighted by molar-refractivity contribution is 0.0362. The molecule has 0 radical (unpaired) electrons. The molecule has 0 atom stereocenters. The van der Waals surface area contributed by atoms with Gasteiger partial charge in [-0.2, -0.15) is 0 Å². The smallest absolute Gasteiger partial charge is 0.373 e. The average molecular weight is 333 g/mol. The van der Waals surface area contributed by atoms with Crippen LogP contribution >= 0.6 is 0 Å². The molecule has 0 heterocycles. The molecule has 0 saturated carbocycles. The molecule has 0 spiro atoms. The molecule has 0 saturated heterocycles. The third-order valence-electron chi connectivity index (χ3n) is 3.25. The molecule has 4 heteroatoms. The lowest BCUT2D eigenvalue weighted by Crippen LogP contribution is -2.48. The molecule has 0 aromatic heterocycles. The summed E-state index contributed by atoms with van der Waals surface area (Å²) >= 11 is 0. The van der Waals surface area contributed by atoms with Crippen LogP contribution in [0.5, 0.6) is 0 Å². The molecular weight excluding hydrogens is 292 g/mol. The van der Waals surface area contributed by atoms with Crippen LogP contribution in [0, 0.1) is 17.8 Å². The highest BCUT2D eigenvalue weighted by molar-refractivity contribution is 6.60. The van der Waals surface area contributed by atoms with Crippen LogP contribution in [0.4, 0.5) is 0 Å². The highest BCUT2D eigenvalue weighted by Crippen LogP contribution is 2.23. The van der Waals surface area contributed by atoms with Gasteiger partial charge in [0.25, 0.3) is 0 Å². The van der Waals surface area contributed by atoms with Gasteiger partial charge >= 0.3 is 8.80 Å². The molecular formula is C18H40O3Si. The van der Waals surface area contributed by atoms with E-state index in [1.807, 2.05) is 0 Å². The van der Waals surface area contributed by atoms with Crippen molar-refractivity contribution in [1.82, 2.24) is 0 Å². The summed E-state index contributed by atoms with van der Waals surface area (Å²) in [5.74, 6) is 1.52. The Morgan fingerprint density at radius 1 is 0.636 bits per heavy atom. The largest absolute Gasteiger partial charge is 0.500 e. The van der Waals surface area contributed by atoms with E-state index < -0.39 is 8.80 Å². The van der Waals surface area contributed by atoms with Crippen LogP contribution in [0.25, 0.3) is 0 Å². The Morgan fingerprint density at radius 2 is 1.05 bits per heavy atom. The van der Waals surface area contributed by atoms with Gasteiger partial charge in [-0.15, -0.1) is 0 Å². The fourth-order valence-corrected chi connectivity index (χ4v) is 5.12. The fraction of sp³-hybridized carbons (Fsp3) is 1.00. The van der Waals surface area contributed by atoms with Crippen LogP contribution in [-0.4, -0.2) is 28.6 Å². The second-order valence-electron chi connectivity index (χ2n) is 7.61. The topological polar surface area (TPSA) is 27.7 Å². The van der Waals surface area contributed by atoms with E-state index in [0.29, 0.717) is 17.8 Å². The van der Waals surface area contributed by atoms with Crippen molar-refractivity contribution in [3.05, 3.63) is 0 Å². The highest BCUT2D eigenvalue weighted by Gasteiger charge is 2.41. The van der Waals surface area contributed by atoms with Gasteiger partial charge in [-0.3, -0.25) is 0 Å². The van der Waals surface area contributed by atoms with E-state index >= 15 is 0 Å². The first-order valence-corrected chi connectivity index (χ1v) is 11.2. The number of hydrogen-bond acceptors (Lipinski definition) is 3. The van der Waals surface area contributed by atoms with Gasteiger partial charge < -0.3 is 13.3 Å². The lowest BCUT2D eigenvalue weighted by Gasteiger charge is -2.32. The van der Waals surface area contributed by atoms with Crippen LogP contribution in [-0.2, 0) is 13.3 Å². The molecule has 22 heavy (non-hydrogen) atoms. The predicted molar refractivity (Wildman–Crippen MR) is 97.1 cm³/mol. The zero-order valence-electron chi connectivity index (χ0n) is 16.1. The van der Waals surface area contributed by atoms with Crippen LogP contribution in [0.15, 0.2) is 0 Å². The van der Waals surface area contributed by atoms with E-state index in [1.54, 1.807) is 0 Å². The summed E-state index contributed by atoms with van der Waals surface area (Å²) in [5, 5.41) is 0. The normalized spacial score (nSPS) is 12.8. The molecule has 0 aromatic rings. The van der Waals surface area contributed by atoms with Gasteiger partial charge in [0.15, 0.2) is 0 Å². The van der Waals surface area contributed by atoms with Crippen molar-refractivity contribution in [3.8, 4) is 0 Å². The van der Waals surface area contributed by atoms with Gasteiger partial charge in [0.2, 0.25) is 0 Å². The van der Waals surface area contributed by atoms with Crippen molar-refractivity contribution in [2.24, 2.45) is 17.8 Å². The van der Waals surface area contributed by atoms with Crippen LogP contribution in [0.3, 0.4) is 0 Å². The summed E-state index contributed by atoms with van der Waals surface area (Å²) in [5.41, 5.74) is 0. The van der Waals surface area contributed by atoms with Crippen molar-refractivity contribution >= 4 is 8.80 Å². The Balaban J connectivity index is 4.76. The fourth-order valence-electron chi connectivity index (χ4n) is 1.99. The van der Waals surface area contributed by atoms with Crippen molar-refractivity contribution in [3.63, 3.8) is 0 Å². The van der Waals surface area contributed by atoms with Crippen LogP contribution in [0.2, 0.25) is 6.04 Å². The molecule has 0 unspecified atom stereocenters. The number of unbranched alkanes of at least 4 members (excludes halogenated alkanes) is 3. The maximum Gasteiger partial charge on any atom is 0.500 e. The first-order valence-electron chi connectivity index (χ1n) is 9.23. The molecule has 0 N–H and O–H groups in total. The predicted octanol–water partition coefficient (Wildman–Crippen LogP) is 5.52. The third kappa shape index (κ3) is 11.6. The molecule has 134 valence electrons. The summed E-state index contributed by atoms with van der Waals surface area (Å²) in [6.45, 7) is 17.5. The SMILES string of the molecule is CCCCCC[Si](OCC(C)C)(OCC(C)C)OCC(C)C. The zero-order valence-corrected chi connectivity index (χ0v) is 17.1. The Hall–Kier alpha value is 0.0969. The molecule has 0 amide bonds. The van der Waals surface area contributed by atoms with E-state index in [0.717, 1.165) is 32.3 Å². The van der Waals surface area contributed by atoms with Gasteiger partial charge in [-0.25, -0.2) is 0 Å². The van der Waals surface area contributed by atoms with E-state index in [-0.39, 0.29) is 0 Å². The first-order chi connectivity index (χ1) is 10.3. The van der Waals surface area contributed by atoms with E-state index in [2.05, 4.69) is 48.5 Å². The zero-order chi connectivity index (χ0) is 17.0. The molecule has 0 fully saturated rings. The van der Waals surface area contributed by atoms with Gasteiger partial charge in [0, 0.05) is 25.9 Å². The Kier molecular flexibility index (Phi) is 12.6.